The Labute approximate surface area is 177 Å². The molecule has 0 aliphatic rings. The topological polar surface area (TPSA) is 81.7 Å². The van der Waals surface area contributed by atoms with E-state index in [0.717, 1.165) is 6.42 Å². The Morgan fingerprint density at radius 3 is 2.27 bits per heavy atom. The maximum absolute atomic E-state index is 11.9. The van der Waals surface area contributed by atoms with Crippen LogP contribution in [-0.4, -0.2) is 30.9 Å². The van der Waals surface area contributed by atoms with E-state index in [1.54, 1.807) is 24.3 Å². The third-order valence-corrected chi connectivity index (χ3v) is 4.79. The molecule has 0 fully saturated rings. The number of ketones is 1. The molecule has 2 aromatic carbocycles. The second kappa shape index (κ2) is 11.8. The number of nitrogens with one attached hydrogen (secondary N) is 1. The summed E-state index contributed by atoms with van der Waals surface area (Å²) in [6.07, 6.45) is 1.67. The molecule has 0 bridgehead atoms. The highest BCUT2D eigenvalue weighted by molar-refractivity contribution is 5.94. The molecule has 1 atom stereocenters. The number of amides is 1. The quantitative estimate of drug-likeness (QED) is 0.328. The predicted molar refractivity (Wildman–Crippen MR) is 116 cm³/mol. The molecule has 0 unspecified atom stereocenters. The van der Waals surface area contributed by atoms with Crippen molar-refractivity contribution in [3.05, 3.63) is 59.7 Å². The van der Waals surface area contributed by atoms with Gasteiger partial charge in [-0.3, -0.25) is 14.4 Å². The Kier molecular flexibility index (Phi) is 9.06. The van der Waals surface area contributed by atoms with Crippen molar-refractivity contribution in [1.82, 2.24) is 0 Å². The summed E-state index contributed by atoms with van der Waals surface area (Å²) < 4.78 is 10.5. The molecule has 1 N–H and O–H groups in total. The number of rotatable bonds is 11. The molecule has 6 heteroatoms. The van der Waals surface area contributed by atoms with Crippen LogP contribution in [0.5, 0.6) is 5.75 Å². The maximum atomic E-state index is 11.9. The fourth-order valence-corrected chi connectivity index (χ4v) is 2.74. The van der Waals surface area contributed by atoms with Crippen LogP contribution in [0.1, 0.15) is 61.9 Å². The first-order chi connectivity index (χ1) is 14.4. The standard InChI is InChI=1S/C24H29NO5/c1-4-17(2)19-7-11-21(12-8-19)25-23(27)16-30-24(28)6-5-15-29-22-13-9-20(10-14-22)18(3)26/h7-14,17H,4-6,15-16H2,1-3H3,(H,25,27)/t17-/m1/s1. The van der Waals surface area contributed by atoms with Gasteiger partial charge in [0, 0.05) is 17.7 Å². The second-order valence-electron chi connectivity index (χ2n) is 7.17. The van der Waals surface area contributed by atoms with Crippen LogP contribution < -0.4 is 10.1 Å². The minimum absolute atomic E-state index is 0.00330. The molecule has 0 aliphatic carbocycles. The summed E-state index contributed by atoms with van der Waals surface area (Å²) >= 11 is 0. The Morgan fingerprint density at radius 1 is 1.00 bits per heavy atom. The number of benzene rings is 2. The van der Waals surface area contributed by atoms with Crippen LogP contribution in [0.4, 0.5) is 5.69 Å². The van der Waals surface area contributed by atoms with E-state index in [4.69, 9.17) is 9.47 Å². The number of esters is 1. The number of hydrogen-bond acceptors (Lipinski definition) is 5. The van der Waals surface area contributed by atoms with E-state index in [9.17, 15) is 14.4 Å². The van der Waals surface area contributed by atoms with Crippen molar-refractivity contribution in [3.63, 3.8) is 0 Å². The molecule has 2 aromatic rings. The van der Waals surface area contributed by atoms with Gasteiger partial charge in [-0.05, 0) is 67.6 Å². The molecular formula is C24H29NO5. The van der Waals surface area contributed by atoms with Gasteiger partial charge >= 0.3 is 5.97 Å². The lowest BCUT2D eigenvalue weighted by Gasteiger charge is -2.11. The van der Waals surface area contributed by atoms with Gasteiger partial charge in [-0.25, -0.2) is 0 Å². The molecule has 6 nitrogen and oxygen atoms in total. The zero-order valence-electron chi connectivity index (χ0n) is 17.8. The van der Waals surface area contributed by atoms with E-state index in [1.807, 2.05) is 24.3 Å². The van der Waals surface area contributed by atoms with Crippen molar-refractivity contribution in [2.75, 3.05) is 18.5 Å². The minimum Gasteiger partial charge on any atom is -0.494 e. The lowest BCUT2D eigenvalue weighted by molar-refractivity contribution is -0.147. The SMILES string of the molecule is CC[C@@H](C)c1ccc(NC(=O)COC(=O)CCCOc2ccc(C(C)=O)cc2)cc1. The van der Waals surface area contributed by atoms with Gasteiger partial charge in [0.1, 0.15) is 5.75 Å². The van der Waals surface area contributed by atoms with Crippen LogP contribution in [0, 0.1) is 0 Å². The van der Waals surface area contributed by atoms with Crippen LogP contribution in [-0.2, 0) is 14.3 Å². The van der Waals surface area contributed by atoms with Crippen LogP contribution in [0.2, 0.25) is 0 Å². The van der Waals surface area contributed by atoms with E-state index in [0.29, 0.717) is 35.9 Å². The van der Waals surface area contributed by atoms with E-state index >= 15 is 0 Å². The van der Waals surface area contributed by atoms with Gasteiger partial charge in [0.15, 0.2) is 12.4 Å². The van der Waals surface area contributed by atoms with Crippen LogP contribution in [0.15, 0.2) is 48.5 Å². The summed E-state index contributed by atoms with van der Waals surface area (Å²) in [7, 11) is 0. The normalized spacial score (nSPS) is 11.4. The molecule has 30 heavy (non-hydrogen) atoms. The first-order valence-electron chi connectivity index (χ1n) is 10.2. The first kappa shape index (κ1) is 23.1. The fourth-order valence-electron chi connectivity index (χ4n) is 2.74. The summed E-state index contributed by atoms with van der Waals surface area (Å²) in [5.74, 6) is 0.275. The van der Waals surface area contributed by atoms with Crippen LogP contribution in [0.25, 0.3) is 0 Å². The van der Waals surface area contributed by atoms with Crippen LogP contribution in [0.3, 0.4) is 0 Å². The zero-order chi connectivity index (χ0) is 21.9. The summed E-state index contributed by atoms with van der Waals surface area (Å²) in [5, 5.41) is 2.72. The summed E-state index contributed by atoms with van der Waals surface area (Å²) in [4.78, 5) is 35.0. The summed E-state index contributed by atoms with van der Waals surface area (Å²) in [6, 6.07) is 14.5. The van der Waals surface area contributed by atoms with Gasteiger partial charge in [0.25, 0.3) is 5.91 Å². The molecule has 2 rings (SSSR count). The number of hydrogen-bond donors (Lipinski definition) is 1. The Bertz CT molecular complexity index is 843. The van der Waals surface area contributed by atoms with Gasteiger partial charge in [-0.15, -0.1) is 0 Å². The van der Waals surface area contributed by atoms with E-state index in [2.05, 4.69) is 19.2 Å². The number of anilines is 1. The van der Waals surface area contributed by atoms with Gasteiger partial charge in [0.2, 0.25) is 0 Å². The molecular weight excluding hydrogens is 382 g/mol. The molecule has 1 amide bonds. The number of ether oxygens (including phenoxy) is 2. The average molecular weight is 411 g/mol. The number of Topliss-reactive ketones (excluding diaryl/α,β-unsaturated/α-hetero) is 1. The van der Waals surface area contributed by atoms with Crippen molar-refractivity contribution in [2.45, 2.75) is 46.0 Å². The van der Waals surface area contributed by atoms with Crippen molar-refractivity contribution in [2.24, 2.45) is 0 Å². The molecule has 0 aliphatic heterocycles. The lowest BCUT2D eigenvalue weighted by Crippen LogP contribution is -2.21. The lowest BCUT2D eigenvalue weighted by atomic mass is 9.99. The van der Waals surface area contributed by atoms with Gasteiger partial charge in [-0.2, -0.15) is 0 Å². The average Bonchev–Trinajstić information content (AvgIpc) is 2.75. The van der Waals surface area contributed by atoms with Crippen molar-refractivity contribution >= 4 is 23.3 Å². The maximum Gasteiger partial charge on any atom is 0.306 e. The number of carbonyl (C=O) groups excluding carboxylic acids is 3. The fraction of sp³-hybridized carbons (Fsp3) is 0.375. The zero-order valence-corrected chi connectivity index (χ0v) is 17.8. The Hall–Kier alpha value is -3.15. The van der Waals surface area contributed by atoms with E-state index < -0.39 is 5.97 Å². The van der Waals surface area contributed by atoms with E-state index in [-0.39, 0.29) is 24.7 Å². The van der Waals surface area contributed by atoms with Crippen molar-refractivity contribution < 1.29 is 23.9 Å². The Morgan fingerprint density at radius 2 is 1.67 bits per heavy atom. The second-order valence-corrected chi connectivity index (χ2v) is 7.17. The van der Waals surface area contributed by atoms with Crippen molar-refractivity contribution in [3.8, 4) is 5.75 Å². The molecule has 0 radical (unpaired) electrons. The third-order valence-electron chi connectivity index (χ3n) is 4.79. The van der Waals surface area contributed by atoms with Crippen LogP contribution >= 0.6 is 0 Å². The largest absolute Gasteiger partial charge is 0.494 e. The summed E-state index contributed by atoms with van der Waals surface area (Å²) in [6.45, 7) is 5.81. The van der Waals surface area contributed by atoms with E-state index in [1.165, 1.54) is 12.5 Å². The molecule has 0 saturated heterocycles. The van der Waals surface area contributed by atoms with Crippen molar-refractivity contribution in [1.29, 1.82) is 0 Å². The smallest absolute Gasteiger partial charge is 0.306 e. The molecule has 0 aromatic heterocycles. The molecule has 160 valence electrons. The summed E-state index contributed by atoms with van der Waals surface area (Å²) in [5.41, 5.74) is 2.52. The predicted octanol–water partition coefficient (Wildman–Crippen LogP) is 4.74. The van der Waals surface area contributed by atoms with Gasteiger partial charge in [0.05, 0.1) is 6.61 Å². The van der Waals surface area contributed by atoms with Gasteiger partial charge < -0.3 is 14.8 Å². The highest BCUT2D eigenvalue weighted by atomic mass is 16.5. The Balaban J connectivity index is 1.63. The molecule has 0 spiro atoms. The third kappa shape index (κ3) is 7.70. The monoisotopic (exact) mass is 411 g/mol. The molecule has 0 saturated carbocycles. The van der Waals surface area contributed by atoms with Gasteiger partial charge in [-0.1, -0.05) is 26.0 Å². The highest BCUT2D eigenvalue weighted by Crippen LogP contribution is 2.20. The number of carbonyl (C=O) groups is 3. The minimum atomic E-state index is -0.451. The first-order valence-corrected chi connectivity index (χ1v) is 10.2. The highest BCUT2D eigenvalue weighted by Gasteiger charge is 2.09. The molecule has 0 heterocycles.